The number of imidazole rings is 2. The van der Waals surface area contributed by atoms with E-state index >= 15 is 0 Å². The summed E-state index contributed by atoms with van der Waals surface area (Å²) in [6.07, 6.45) is -2.66. The van der Waals surface area contributed by atoms with E-state index in [0.717, 1.165) is 6.07 Å². The summed E-state index contributed by atoms with van der Waals surface area (Å²) in [6, 6.07) is 6.24. The van der Waals surface area contributed by atoms with Crippen molar-refractivity contribution < 1.29 is 26.4 Å². The molecule has 1 atom stereocenters. The van der Waals surface area contributed by atoms with Crippen molar-refractivity contribution in [2.75, 3.05) is 5.75 Å². The molecule has 0 bridgehead atoms. The predicted octanol–water partition coefficient (Wildman–Crippen LogP) is 3.44. The molecule has 4 aromatic heterocycles. The van der Waals surface area contributed by atoms with Crippen molar-refractivity contribution in [1.82, 2.24) is 29.1 Å². The van der Waals surface area contributed by atoms with Gasteiger partial charge in [-0.3, -0.25) is 4.98 Å². The molecular formula is C22H20F3N7O3S. The summed E-state index contributed by atoms with van der Waals surface area (Å²) in [5, 5.41) is 3.98. The Morgan fingerprint density at radius 1 is 1.14 bits per heavy atom. The zero-order valence-electron chi connectivity index (χ0n) is 19.4. The fraction of sp³-hybridized carbons (Fsp3) is 0.318. The molecule has 0 saturated carbocycles. The number of hydrogen-bond donors (Lipinski definition) is 0. The van der Waals surface area contributed by atoms with Gasteiger partial charge in [-0.15, -0.1) is 0 Å². The van der Waals surface area contributed by atoms with Gasteiger partial charge < -0.3 is 14.0 Å². The number of hydrogen-bond acceptors (Lipinski definition) is 8. The normalized spacial score (nSPS) is 16.4. The van der Waals surface area contributed by atoms with Crippen molar-refractivity contribution in [3.63, 3.8) is 0 Å². The number of halogens is 3. The average Bonchev–Trinajstić information content (AvgIpc) is 3.55. The van der Waals surface area contributed by atoms with Crippen molar-refractivity contribution in [2.45, 2.75) is 30.7 Å². The Morgan fingerprint density at radius 2 is 1.92 bits per heavy atom. The van der Waals surface area contributed by atoms with E-state index in [2.05, 4.69) is 25.1 Å². The maximum absolute atomic E-state index is 13.2. The molecule has 0 radical (unpaired) electrons. The molecule has 5 rings (SSSR count). The first-order valence-electron chi connectivity index (χ1n) is 10.8. The molecule has 0 saturated heterocycles. The van der Waals surface area contributed by atoms with Crippen LogP contribution < -0.4 is 0 Å². The van der Waals surface area contributed by atoms with E-state index in [0.29, 0.717) is 24.0 Å². The summed E-state index contributed by atoms with van der Waals surface area (Å²) < 4.78 is 68.6. The van der Waals surface area contributed by atoms with Gasteiger partial charge in [0.05, 0.1) is 17.0 Å². The second-order valence-electron chi connectivity index (χ2n) is 8.20. The monoisotopic (exact) mass is 519 g/mol. The lowest BCUT2D eigenvalue weighted by Gasteiger charge is -2.10. The molecule has 0 fully saturated rings. The minimum atomic E-state index is -4.60. The molecule has 36 heavy (non-hydrogen) atoms. The van der Waals surface area contributed by atoms with Crippen LogP contribution in [0.25, 0.3) is 22.7 Å². The SMILES string of the molecule is CCS(=O)(=O)c1c(-c2nc3cc(C(F)(F)F)cnc3n2C)nc(C2CC(c3ccccn3)=NO2)n1C. The molecule has 0 amide bonds. The Kier molecular flexibility index (Phi) is 5.58. The van der Waals surface area contributed by atoms with E-state index in [1.54, 1.807) is 25.4 Å². The minimum Gasteiger partial charge on any atom is -0.384 e. The number of fused-ring (bicyclic) bond motifs is 1. The van der Waals surface area contributed by atoms with Crippen LogP contribution in [0.5, 0.6) is 0 Å². The van der Waals surface area contributed by atoms with Crippen molar-refractivity contribution in [3.8, 4) is 11.5 Å². The number of oxime groups is 1. The third-order valence-corrected chi connectivity index (χ3v) is 7.73. The summed E-state index contributed by atoms with van der Waals surface area (Å²) in [5.41, 5.74) is 0.365. The van der Waals surface area contributed by atoms with Crippen LogP contribution in [-0.4, -0.2) is 49.0 Å². The van der Waals surface area contributed by atoms with Crippen LogP contribution in [-0.2, 0) is 34.9 Å². The van der Waals surface area contributed by atoms with Crippen LogP contribution in [0.15, 0.2) is 46.8 Å². The first-order chi connectivity index (χ1) is 17.0. The summed E-state index contributed by atoms with van der Waals surface area (Å²) in [4.78, 5) is 22.6. The van der Waals surface area contributed by atoms with Crippen LogP contribution in [0.3, 0.4) is 0 Å². The van der Waals surface area contributed by atoms with Crippen molar-refractivity contribution in [1.29, 1.82) is 0 Å². The van der Waals surface area contributed by atoms with E-state index in [1.807, 2.05) is 6.07 Å². The predicted molar refractivity (Wildman–Crippen MR) is 123 cm³/mol. The van der Waals surface area contributed by atoms with E-state index < -0.39 is 27.7 Å². The van der Waals surface area contributed by atoms with E-state index in [9.17, 15) is 21.6 Å². The Bertz CT molecular complexity index is 1610. The van der Waals surface area contributed by atoms with Gasteiger partial charge in [0, 0.05) is 32.9 Å². The second-order valence-corrected chi connectivity index (χ2v) is 10.4. The summed E-state index contributed by atoms with van der Waals surface area (Å²) in [6.45, 7) is 1.49. The van der Waals surface area contributed by atoms with Crippen molar-refractivity contribution in [2.24, 2.45) is 19.3 Å². The van der Waals surface area contributed by atoms with Gasteiger partial charge in [-0.1, -0.05) is 18.1 Å². The number of rotatable bonds is 5. The standard InChI is InChI=1S/C22H20F3N7O3S/c1-4-36(33,34)21-17(20-28-15-9-12(22(23,24)25)11-27-18(15)31(20)2)29-19(32(21)3)16-10-14(30-35-16)13-7-5-6-8-26-13/h5-9,11,16H,4,10H2,1-3H3. The Balaban J connectivity index is 1.63. The average molecular weight is 520 g/mol. The number of alkyl halides is 3. The van der Waals surface area contributed by atoms with Crippen molar-refractivity contribution in [3.05, 3.63) is 53.7 Å². The number of pyridine rings is 2. The lowest BCUT2D eigenvalue weighted by Crippen LogP contribution is -2.14. The molecule has 10 nitrogen and oxygen atoms in total. The van der Waals surface area contributed by atoms with Crippen LogP contribution in [0.4, 0.5) is 13.2 Å². The molecule has 4 aromatic rings. The fourth-order valence-corrected chi connectivity index (χ4v) is 5.29. The summed E-state index contributed by atoms with van der Waals surface area (Å²) in [5.74, 6) is 0.123. The zero-order chi connectivity index (χ0) is 25.8. The quantitative estimate of drug-likeness (QED) is 0.396. The Morgan fingerprint density at radius 3 is 2.58 bits per heavy atom. The molecule has 1 unspecified atom stereocenters. The maximum atomic E-state index is 13.2. The molecule has 14 heteroatoms. The third-order valence-electron chi connectivity index (χ3n) is 5.92. The van der Waals surface area contributed by atoms with E-state index in [4.69, 9.17) is 4.84 Å². The van der Waals surface area contributed by atoms with Gasteiger partial charge in [0.2, 0.25) is 0 Å². The minimum absolute atomic E-state index is 0.00158. The largest absolute Gasteiger partial charge is 0.417 e. The molecular weight excluding hydrogens is 499 g/mol. The van der Waals surface area contributed by atoms with Gasteiger partial charge in [-0.2, -0.15) is 13.2 Å². The molecule has 0 N–H and O–H groups in total. The third kappa shape index (κ3) is 3.90. The van der Waals surface area contributed by atoms with Crippen molar-refractivity contribution >= 4 is 26.7 Å². The number of sulfone groups is 1. The number of aromatic nitrogens is 6. The van der Waals surface area contributed by atoms with Gasteiger partial charge in [-0.05, 0) is 18.2 Å². The van der Waals surface area contributed by atoms with Crippen LogP contribution in [0.2, 0.25) is 0 Å². The van der Waals surface area contributed by atoms with Gasteiger partial charge in [0.1, 0.15) is 16.9 Å². The van der Waals surface area contributed by atoms with Gasteiger partial charge >= 0.3 is 6.18 Å². The highest BCUT2D eigenvalue weighted by Crippen LogP contribution is 2.36. The molecule has 188 valence electrons. The highest BCUT2D eigenvalue weighted by Gasteiger charge is 2.36. The van der Waals surface area contributed by atoms with Gasteiger partial charge in [-0.25, -0.2) is 23.4 Å². The number of nitrogens with zero attached hydrogens (tertiary/aromatic N) is 7. The van der Waals surface area contributed by atoms with E-state index in [-0.39, 0.29) is 39.3 Å². The number of aryl methyl sites for hydroxylation is 1. The van der Waals surface area contributed by atoms with Crippen LogP contribution in [0.1, 0.15) is 36.5 Å². The Labute approximate surface area is 203 Å². The molecule has 1 aliphatic heterocycles. The molecule has 1 aliphatic rings. The second kappa shape index (κ2) is 8.40. The highest BCUT2D eigenvalue weighted by atomic mass is 32.2. The lowest BCUT2D eigenvalue weighted by atomic mass is 10.1. The first-order valence-corrected chi connectivity index (χ1v) is 12.5. The zero-order valence-corrected chi connectivity index (χ0v) is 20.2. The van der Waals surface area contributed by atoms with Crippen LogP contribution >= 0.6 is 0 Å². The molecule has 5 heterocycles. The summed E-state index contributed by atoms with van der Waals surface area (Å²) >= 11 is 0. The summed E-state index contributed by atoms with van der Waals surface area (Å²) in [7, 11) is -0.748. The Hall–Kier alpha value is -3.81. The smallest absolute Gasteiger partial charge is 0.384 e. The lowest BCUT2D eigenvalue weighted by molar-refractivity contribution is -0.137. The van der Waals surface area contributed by atoms with Gasteiger partial charge in [0.15, 0.2) is 38.3 Å². The molecule has 0 aliphatic carbocycles. The molecule has 0 aromatic carbocycles. The topological polar surface area (TPSA) is 117 Å². The molecule has 0 spiro atoms. The van der Waals surface area contributed by atoms with Crippen LogP contribution in [0, 0.1) is 0 Å². The maximum Gasteiger partial charge on any atom is 0.417 e. The highest BCUT2D eigenvalue weighted by molar-refractivity contribution is 7.91. The van der Waals surface area contributed by atoms with Gasteiger partial charge in [0.25, 0.3) is 0 Å². The van der Waals surface area contributed by atoms with E-state index in [1.165, 1.54) is 23.1 Å². The fourth-order valence-electron chi connectivity index (χ4n) is 4.07. The first kappa shape index (κ1) is 23.9.